The first-order chi connectivity index (χ1) is 10.0. The number of hydrogen-bond donors (Lipinski definition) is 0. The highest BCUT2D eigenvalue weighted by atomic mass is 35.5. The molecule has 0 fully saturated rings. The van der Waals surface area contributed by atoms with E-state index in [1.807, 2.05) is 12.1 Å². The molecule has 0 aliphatic carbocycles. The second-order valence-corrected chi connectivity index (χ2v) is 5.48. The molecule has 0 radical (unpaired) electrons. The van der Waals surface area contributed by atoms with Gasteiger partial charge in [-0.2, -0.15) is 0 Å². The van der Waals surface area contributed by atoms with E-state index in [9.17, 15) is 4.79 Å². The molecule has 0 spiro atoms. The summed E-state index contributed by atoms with van der Waals surface area (Å²) >= 11 is 11.9. The van der Waals surface area contributed by atoms with Crippen molar-refractivity contribution in [3.05, 3.63) is 63.6 Å². The minimum absolute atomic E-state index is 0.102. The lowest BCUT2D eigenvalue weighted by Crippen LogP contribution is -2.26. The first kappa shape index (κ1) is 15.7. The molecule has 0 atom stereocenters. The fourth-order valence-electron chi connectivity index (χ4n) is 1.96. The molecule has 3 nitrogen and oxygen atoms in total. The van der Waals surface area contributed by atoms with Gasteiger partial charge in [-0.3, -0.25) is 4.79 Å². The lowest BCUT2D eigenvalue weighted by molar-refractivity contribution is 0.0785. The van der Waals surface area contributed by atoms with Crippen LogP contribution in [0.5, 0.6) is 5.75 Å². The van der Waals surface area contributed by atoms with Crippen LogP contribution in [0.4, 0.5) is 0 Å². The smallest absolute Gasteiger partial charge is 0.253 e. The van der Waals surface area contributed by atoms with Gasteiger partial charge in [0.25, 0.3) is 5.91 Å². The molecule has 2 rings (SSSR count). The molecule has 0 saturated carbocycles. The molecule has 21 heavy (non-hydrogen) atoms. The zero-order chi connectivity index (χ0) is 15.4. The Bertz CT molecular complexity index is 641. The summed E-state index contributed by atoms with van der Waals surface area (Å²) in [4.78, 5) is 14.0. The number of methoxy groups -OCH3 is 1. The average Bonchev–Trinajstić information content (AvgIpc) is 2.48. The third kappa shape index (κ3) is 3.90. The Morgan fingerprint density at radius 3 is 2.38 bits per heavy atom. The summed E-state index contributed by atoms with van der Waals surface area (Å²) in [5.74, 6) is 0.447. The van der Waals surface area contributed by atoms with Gasteiger partial charge in [-0.1, -0.05) is 35.3 Å². The molecule has 0 heterocycles. The molecule has 0 bridgehead atoms. The quantitative estimate of drug-likeness (QED) is 0.840. The fourth-order valence-corrected chi connectivity index (χ4v) is 2.34. The van der Waals surface area contributed by atoms with Crippen molar-refractivity contribution in [1.29, 1.82) is 0 Å². The second-order valence-electron chi connectivity index (χ2n) is 4.64. The number of rotatable bonds is 4. The van der Waals surface area contributed by atoms with Gasteiger partial charge in [0.1, 0.15) is 5.75 Å². The van der Waals surface area contributed by atoms with Crippen molar-refractivity contribution < 1.29 is 9.53 Å². The highest BCUT2D eigenvalue weighted by Crippen LogP contribution is 2.25. The maximum Gasteiger partial charge on any atom is 0.253 e. The highest BCUT2D eigenvalue weighted by Gasteiger charge is 2.14. The van der Waals surface area contributed by atoms with Gasteiger partial charge in [0, 0.05) is 24.2 Å². The lowest BCUT2D eigenvalue weighted by atomic mass is 10.1. The molecule has 0 N–H and O–H groups in total. The minimum atomic E-state index is -0.102. The molecule has 0 aliphatic rings. The Morgan fingerprint density at radius 1 is 1.14 bits per heavy atom. The molecular formula is C16H15Cl2NO2. The number of hydrogen-bond acceptors (Lipinski definition) is 2. The average molecular weight is 324 g/mol. The minimum Gasteiger partial charge on any atom is -0.495 e. The van der Waals surface area contributed by atoms with Gasteiger partial charge in [0.2, 0.25) is 0 Å². The largest absolute Gasteiger partial charge is 0.495 e. The Morgan fingerprint density at radius 2 is 1.81 bits per heavy atom. The van der Waals surface area contributed by atoms with Gasteiger partial charge < -0.3 is 9.64 Å². The number of carbonyl (C=O) groups is 1. The normalized spacial score (nSPS) is 10.3. The van der Waals surface area contributed by atoms with Crippen LogP contribution in [0.15, 0.2) is 42.5 Å². The molecule has 1 amide bonds. The summed E-state index contributed by atoms with van der Waals surface area (Å²) in [5.41, 5.74) is 1.53. The Balaban J connectivity index is 2.11. The summed E-state index contributed by atoms with van der Waals surface area (Å²) in [7, 11) is 3.28. The van der Waals surface area contributed by atoms with Crippen LogP contribution >= 0.6 is 23.2 Å². The number of nitrogens with zero attached hydrogens (tertiary/aromatic N) is 1. The zero-order valence-corrected chi connectivity index (χ0v) is 13.3. The number of carbonyl (C=O) groups excluding carboxylic acids is 1. The van der Waals surface area contributed by atoms with Crippen LogP contribution < -0.4 is 4.74 Å². The second kappa shape index (κ2) is 6.83. The molecule has 0 aliphatic heterocycles. The Kier molecular flexibility index (Phi) is 5.10. The van der Waals surface area contributed by atoms with E-state index in [1.165, 1.54) is 7.11 Å². The number of ether oxygens (including phenoxy) is 1. The van der Waals surface area contributed by atoms with E-state index in [-0.39, 0.29) is 5.91 Å². The van der Waals surface area contributed by atoms with Crippen LogP contribution in [0.2, 0.25) is 10.0 Å². The molecule has 2 aromatic carbocycles. The zero-order valence-electron chi connectivity index (χ0n) is 11.8. The topological polar surface area (TPSA) is 29.5 Å². The van der Waals surface area contributed by atoms with Gasteiger partial charge in [-0.25, -0.2) is 0 Å². The molecular weight excluding hydrogens is 309 g/mol. The first-order valence-corrected chi connectivity index (χ1v) is 7.10. The number of halogens is 2. The lowest BCUT2D eigenvalue weighted by Gasteiger charge is -2.18. The van der Waals surface area contributed by atoms with Crippen LogP contribution in [0.25, 0.3) is 0 Å². The van der Waals surface area contributed by atoms with Crippen molar-refractivity contribution in [2.75, 3.05) is 14.2 Å². The van der Waals surface area contributed by atoms with E-state index in [4.69, 9.17) is 27.9 Å². The van der Waals surface area contributed by atoms with E-state index < -0.39 is 0 Å². The third-order valence-corrected chi connectivity index (χ3v) is 3.63. The van der Waals surface area contributed by atoms with Gasteiger partial charge in [-0.15, -0.1) is 0 Å². The van der Waals surface area contributed by atoms with Crippen LogP contribution in [0.3, 0.4) is 0 Å². The monoisotopic (exact) mass is 323 g/mol. The van der Waals surface area contributed by atoms with Crippen molar-refractivity contribution in [2.45, 2.75) is 6.54 Å². The van der Waals surface area contributed by atoms with E-state index >= 15 is 0 Å². The summed E-state index contributed by atoms with van der Waals surface area (Å²) in [6, 6.07) is 12.4. The van der Waals surface area contributed by atoms with Gasteiger partial charge in [0.05, 0.1) is 12.1 Å². The Labute approximate surface area is 134 Å². The van der Waals surface area contributed by atoms with Crippen molar-refractivity contribution in [3.8, 4) is 5.75 Å². The Hall–Kier alpha value is -1.71. The molecule has 2 aromatic rings. The SMILES string of the molecule is COc1ccc(C(=O)N(C)Cc2ccc(Cl)cc2)cc1Cl. The summed E-state index contributed by atoms with van der Waals surface area (Å²) in [6.07, 6.45) is 0. The molecule has 0 unspecified atom stereocenters. The van der Waals surface area contributed by atoms with Crippen molar-refractivity contribution in [1.82, 2.24) is 4.90 Å². The van der Waals surface area contributed by atoms with Crippen molar-refractivity contribution in [2.24, 2.45) is 0 Å². The maximum atomic E-state index is 12.4. The summed E-state index contributed by atoms with van der Waals surface area (Å²) in [5, 5.41) is 1.10. The predicted octanol–water partition coefficient (Wildman–Crippen LogP) is 4.27. The van der Waals surface area contributed by atoms with Crippen molar-refractivity contribution in [3.63, 3.8) is 0 Å². The highest BCUT2D eigenvalue weighted by molar-refractivity contribution is 6.32. The van der Waals surface area contributed by atoms with Gasteiger partial charge in [-0.05, 0) is 35.9 Å². The third-order valence-electron chi connectivity index (χ3n) is 3.08. The van der Waals surface area contributed by atoms with Gasteiger partial charge in [0.15, 0.2) is 0 Å². The van der Waals surface area contributed by atoms with Crippen molar-refractivity contribution >= 4 is 29.1 Å². The van der Waals surface area contributed by atoms with E-state index in [2.05, 4.69) is 0 Å². The van der Waals surface area contributed by atoms with Crippen LogP contribution in [-0.2, 0) is 6.54 Å². The maximum absolute atomic E-state index is 12.4. The predicted molar refractivity (Wildman–Crippen MR) is 85.3 cm³/mol. The standard InChI is InChI=1S/C16H15Cl2NO2/c1-19(10-11-3-6-13(17)7-4-11)16(20)12-5-8-15(21-2)14(18)9-12/h3-9H,10H2,1-2H3. The molecule has 0 aromatic heterocycles. The van der Waals surface area contributed by atoms with Crippen LogP contribution in [-0.4, -0.2) is 25.0 Å². The van der Waals surface area contributed by atoms with E-state index in [0.29, 0.717) is 27.9 Å². The van der Waals surface area contributed by atoms with E-state index in [0.717, 1.165) is 5.56 Å². The molecule has 110 valence electrons. The fraction of sp³-hybridized carbons (Fsp3) is 0.188. The van der Waals surface area contributed by atoms with Gasteiger partial charge >= 0.3 is 0 Å². The number of benzene rings is 2. The molecule has 5 heteroatoms. The van der Waals surface area contributed by atoms with Crippen LogP contribution in [0.1, 0.15) is 15.9 Å². The summed E-state index contributed by atoms with van der Waals surface area (Å²) < 4.78 is 5.08. The van der Waals surface area contributed by atoms with Crippen LogP contribution in [0, 0.1) is 0 Å². The first-order valence-electron chi connectivity index (χ1n) is 6.34. The van der Waals surface area contributed by atoms with E-state index in [1.54, 1.807) is 42.3 Å². The number of amides is 1. The molecule has 0 saturated heterocycles. The summed E-state index contributed by atoms with van der Waals surface area (Å²) in [6.45, 7) is 0.500.